The molecule has 0 aliphatic carbocycles. The zero-order chi connectivity index (χ0) is 8.97. The molecule has 1 atom stereocenters. The lowest BCUT2D eigenvalue weighted by atomic mass is 10.1. The van der Waals surface area contributed by atoms with Crippen molar-refractivity contribution in [1.82, 2.24) is 0 Å². The second kappa shape index (κ2) is 4.59. The van der Waals surface area contributed by atoms with Crippen molar-refractivity contribution >= 4 is 26.4 Å². The minimum absolute atomic E-state index is 0.143. The van der Waals surface area contributed by atoms with Gasteiger partial charge < -0.3 is 0 Å². The SMILES string of the molecule is O=C(P)CCc1ccc(Cl)cc1. The molecule has 0 aliphatic rings. The minimum atomic E-state index is 0.143. The van der Waals surface area contributed by atoms with E-state index >= 15 is 0 Å². The monoisotopic (exact) mass is 200 g/mol. The van der Waals surface area contributed by atoms with Crippen LogP contribution in [0.3, 0.4) is 0 Å². The molecule has 0 spiro atoms. The summed E-state index contributed by atoms with van der Waals surface area (Å²) in [4.78, 5) is 10.6. The summed E-state index contributed by atoms with van der Waals surface area (Å²) in [5.74, 6) is 0. The Hall–Kier alpha value is -0.390. The van der Waals surface area contributed by atoms with E-state index in [1.54, 1.807) is 0 Å². The van der Waals surface area contributed by atoms with E-state index < -0.39 is 0 Å². The fraction of sp³-hybridized carbons (Fsp3) is 0.222. The lowest BCUT2D eigenvalue weighted by Crippen LogP contribution is -1.90. The summed E-state index contributed by atoms with van der Waals surface area (Å²) in [7, 11) is 2.17. The highest BCUT2D eigenvalue weighted by Gasteiger charge is 1.96. The van der Waals surface area contributed by atoms with Crippen molar-refractivity contribution in [3.05, 3.63) is 34.9 Å². The van der Waals surface area contributed by atoms with Gasteiger partial charge in [0.15, 0.2) is 0 Å². The van der Waals surface area contributed by atoms with E-state index in [1.165, 1.54) is 0 Å². The van der Waals surface area contributed by atoms with E-state index in [0.29, 0.717) is 6.42 Å². The molecule has 12 heavy (non-hydrogen) atoms. The molecule has 0 amide bonds. The summed E-state index contributed by atoms with van der Waals surface area (Å²) in [6, 6.07) is 7.56. The van der Waals surface area contributed by atoms with Gasteiger partial charge in [-0.3, -0.25) is 4.79 Å². The summed E-state index contributed by atoms with van der Waals surface area (Å²) in [5, 5.41) is 0.732. The zero-order valence-electron chi connectivity index (χ0n) is 6.59. The highest BCUT2D eigenvalue weighted by atomic mass is 35.5. The molecule has 64 valence electrons. The summed E-state index contributed by atoms with van der Waals surface area (Å²) >= 11 is 5.70. The molecular formula is C9H10ClOP. The smallest absolute Gasteiger partial charge is 0.148 e. The second-order valence-corrected chi connectivity index (χ2v) is 3.67. The Morgan fingerprint density at radius 2 is 1.92 bits per heavy atom. The Kier molecular flexibility index (Phi) is 3.71. The summed E-state index contributed by atoms with van der Waals surface area (Å²) in [5.41, 5.74) is 1.29. The molecule has 1 rings (SSSR count). The van der Waals surface area contributed by atoms with E-state index in [2.05, 4.69) is 9.24 Å². The number of halogens is 1. The van der Waals surface area contributed by atoms with Gasteiger partial charge >= 0.3 is 0 Å². The normalized spacial score (nSPS) is 9.83. The maximum absolute atomic E-state index is 10.6. The second-order valence-electron chi connectivity index (χ2n) is 2.59. The van der Waals surface area contributed by atoms with Gasteiger partial charge in [-0.15, -0.1) is 0 Å². The third-order valence-corrected chi connectivity index (χ3v) is 2.11. The Balaban J connectivity index is 2.53. The van der Waals surface area contributed by atoms with Gasteiger partial charge in [-0.2, -0.15) is 0 Å². The average Bonchev–Trinajstić information content (AvgIpc) is 2.03. The van der Waals surface area contributed by atoms with Crippen LogP contribution in [0.25, 0.3) is 0 Å². The van der Waals surface area contributed by atoms with E-state index in [0.717, 1.165) is 17.0 Å². The van der Waals surface area contributed by atoms with Crippen LogP contribution < -0.4 is 0 Å². The molecule has 3 heteroatoms. The first-order chi connectivity index (χ1) is 5.68. The number of hydrogen-bond acceptors (Lipinski definition) is 1. The first kappa shape index (κ1) is 9.70. The number of rotatable bonds is 3. The fourth-order valence-corrected chi connectivity index (χ4v) is 1.19. The molecule has 0 aromatic heterocycles. The standard InChI is InChI=1S/C9H10ClOP/c10-8-4-1-7(2-5-8)3-6-9(11)12/h1-2,4-5H,3,6,12H2. The Morgan fingerprint density at radius 3 is 2.42 bits per heavy atom. The topological polar surface area (TPSA) is 17.1 Å². The van der Waals surface area contributed by atoms with Crippen LogP contribution in [-0.4, -0.2) is 5.52 Å². The maximum atomic E-state index is 10.6. The molecule has 0 heterocycles. The molecule has 1 unspecified atom stereocenters. The number of hydrogen-bond donors (Lipinski definition) is 0. The number of carbonyl (C=O) groups is 1. The maximum Gasteiger partial charge on any atom is 0.148 e. The molecule has 0 aliphatic heterocycles. The van der Waals surface area contributed by atoms with E-state index in [-0.39, 0.29) is 5.52 Å². The van der Waals surface area contributed by atoms with Gasteiger partial charge in [-0.05, 0) is 24.1 Å². The molecule has 0 saturated heterocycles. The molecule has 0 bridgehead atoms. The van der Waals surface area contributed by atoms with Crippen LogP contribution in [0.4, 0.5) is 0 Å². The lowest BCUT2D eigenvalue weighted by molar-refractivity contribution is -0.111. The predicted octanol–water partition coefficient (Wildman–Crippen LogP) is 2.67. The van der Waals surface area contributed by atoms with Crippen LogP contribution in [-0.2, 0) is 11.2 Å². The van der Waals surface area contributed by atoms with Crippen molar-refractivity contribution in [2.24, 2.45) is 0 Å². The van der Waals surface area contributed by atoms with Crippen molar-refractivity contribution in [3.8, 4) is 0 Å². The number of carbonyl (C=O) groups excluding carboxylic acids is 1. The van der Waals surface area contributed by atoms with Crippen molar-refractivity contribution in [3.63, 3.8) is 0 Å². The number of benzene rings is 1. The van der Waals surface area contributed by atoms with Crippen LogP contribution in [0.5, 0.6) is 0 Å². The van der Waals surface area contributed by atoms with Gasteiger partial charge in [0.25, 0.3) is 0 Å². The first-order valence-corrected chi connectivity index (χ1v) is 4.67. The Morgan fingerprint density at radius 1 is 1.33 bits per heavy atom. The third kappa shape index (κ3) is 3.34. The highest BCUT2D eigenvalue weighted by Crippen LogP contribution is 2.11. The molecule has 1 aromatic rings. The van der Waals surface area contributed by atoms with Crippen molar-refractivity contribution < 1.29 is 4.79 Å². The molecule has 1 nitrogen and oxygen atoms in total. The van der Waals surface area contributed by atoms with Gasteiger partial charge in [-0.1, -0.05) is 33.0 Å². The first-order valence-electron chi connectivity index (χ1n) is 3.71. The quantitative estimate of drug-likeness (QED) is 0.686. The van der Waals surface area contributed by atoms with Gasteiger partial charge in [-0.25, -0.2) is 0 Å². The molecule has 0 saturated carbocycles. The van der Waals surface area contributed by atoms with Crippen LogP contribution in [0.15, 0.2) is 24.3 Å². The Labute approximate surface area is 79.3 Å². The summed E-state index contributed by atoms with van der Waals surface area (Å²) in [6.07, 6.45) is 1.37. The largest absolute Gasteiger partial charge is 0.295 e. The predicted molar refractivity (Wildman–Crippen MR) is 54.5 cm³/mol. The van der Waals surface area contributed by atoms with Gasteiger partial charge in [0.2, 0.25) is 0 Å². The van der Waals surface area contributed by atoms with Crippen molar-refractivity contribution in [2.75, 3.05) is 0 Å². The lowest BCUT2D eigenvalue weighted by Gasteiger charge is -1.97. The van der Waals surface area contributed by atoms with Crippen molar-refractivity contribution in [2.45, 2.75) is 12.8 Å². The third-order valence-electron chi connectivity index (χ3n) is 1.57. The van der Waals surface area contributed by atoms with Crippen LogP contribution in [0.2, 0.25) is 5.02 Å². The molecule has 0 N–H and O–H groups in total. The van der Waals surface area contributed by atoms with Crippen LogP contribution in [0, 0.1) is 0 Å². The average molecular weight is 201 g/mol. The highest BCUT2D eigenvalue weighted by molar-refractivity contribution is 7.40. The van der Waals surface area contributed by atoms with Gasteiger partial charge in [0.05, 0.1) is 0 Å². The van der Waals surface area contributed by atoms with Crippen LogP contribution >= 0.6 is 20.8 Å². The number of aryl methyl sites for hydroxylation is 1. The molecule has 0 fully saturated rings. The molecule has 0 radical (unpaired) electrons. The molecule has 1 aromatic carbocycles. The van der Waals surface area contributed by atoms with Crippen LogP contribution in [0.1, 0.15) is 12.0 Å². The van der Waals surface area contributed by atoms with Crippen molar-refractivity contribution in [1.29, 1.82) is 0 Å². The molecular weight excluding hydrogens is 191 g/mol. The van der Waals surface area contributed by atoms with E-state index in [1.807, 2.05) is 24.3 Å². The fourth-order valence-electron chi connectivity index (χ4n) is 0.919. The van der Waals surface area contributed by atoms with E-state index in [9.17, 15) is 4.79 Å². The van der Waals surface area contributed by atoms with E-state index in [4.69, 9.17) is 11.6 Å². The summed E-state index contributed by atoms with van der Waals surface area (Å²) in [6.45, 7) is 0. The van der Waals surface area contributed by atoms with Gasteiger partial charge in [0.1, 0.15) is 5.52 Å². The minimum Gasteiger partial charge on any atom is -0.295 e. The zero-order valence-corrected chi connectivity index (χ0v) is 8.50. The van der Waals surface area contributed by atoms with Gasteiger partial charge in [0, 0.05) is 11.4 Å². The Bertz CT molecular complexity index is 268. The summed E-state index contributed by atoms with van der Waals surface area (Å²) < 4.78 is 0.